The van der Waals surface area contributed by atoms with Gasteiger partial charge in [0.1, 0.15) is 0 Å². The zero-order valence-corrected chi connectivity index (χ0v) is 7.45. The molecule has 0 bridgehead atoms. The lowest BCUT2D eigenvalue weighted by Crippen LogP contribution is -2.21. The van der Waals surface area contributed by atoms with Crippen molar-refractivity contribution in [3.63, 3.8) is 0 Å². The molecule has 3 heteroatoms. The summed E-state index contributed by atoms with van der Waals surface area (Å²) in [4.78, 5) is 0. The van der Waals surface area contributed by atoms with E-state index in [-0.39, 0.29) is 0 Å². The van der Waals surface area contributed by atoms with Crippen molar-refractivity contribution in [3.8, 4) is 0 Å². The Morgan fingerprint density at radius 3 is 3.08 bits per heavy atom. The molecule has 3 nitrogen and oxygen atoms in total. The van der Waals surface area contributed by atoms with Crippen molar-refractivity contribution in [2.75, 3.05) is 13.1 Å². The van der Waals surface area contributed by atoms with Crippen LogP contribution in [0.15, 0.2) is 30.6 Å². The van der Waals surface area contributed by atoms with Crippen LogP contribution in [0.3, 0.4) is 0 Å². The van der Waals surface area contributed by atoms with Gasteiger partial charge in [0.2, 0.25) is 0 Å². The third-order valence-electron chi connectivity index (χ3n) is 1.50. The molecule has 0 fully saturated rings. The SMILES string of the molecule is C=C(C)CNCCn1cccn1. The Morgan fingerprint density at radius 1 is 1.67 bits per heavy atom. The van der Waals surface area contributed by atoms with Gasteiger partial charge >= 0.3 is 0 Å². The molecule has 1 N–H and O–H groups in total. The van der Waals surface area contributed by atoms with E-state index in [1.54, 1.807) is 6.20 Å². The van der Waals surface area contributed by atoms with Crippen molar-refractivity contribution in [2.24, 2.45) is 0 Å². The topological polar surface area (TPSA) is 29.9 Å². The molecule has 0 aliphatic carbocycles. The van der Waals surface area contributed by atoms with E-state index in [1.165, 1.54) is 0 Å². The zero-order valence-electron chi connectivity index (χ0n) is 7.45. The van der Waals surface area contributed by atoms with E-state index in [4.69, 9.17) is 0 Å². The van der Waals surface area contributed by atoms with Gasteiger partial charge in [-0.3, -0.25) is 4.68 Å². The van der Waals surface area contributed by atoms with Crippen LogP contribution in [-0.2, 0) is 6.54 Å². The molecule has 0 aliphatic rings. The average Bonchev–Trinajstić information content (AvgIpc) is 2.49. The number of aromatic nitrogens is 2. The molecule has 0 aliphatic heterocycles. The molecule has 1 aromatic heterocycles. The van der Waals surface area contributed by atoms with Gasteiger partial charge in [0.15, 0.2) is 0 Å². The normalized spacial score (nSPS) is 10.1. The van der Waals surface area contributed by atoms with Crippen molar-refractivity contribution in [1.82, 2.24) is 15.1 Å². The van der Waals surface area contributed by atoms with Crippen LogP contribution in [0.2, 0.25) is 0 Å². The van der Waals surface area contributed by atoms with Crippen molar-refractivity contribution < 1.29 is 0 Å². The molecule has 1 rings (SSSR count). The first-order chi connectivity index (χ1) is 5.79. The summed E-state index contributed by atoms with van der Waals surface area (Å²) in [6, 6.07) is 1.93. The Labute approximate surface area is 73.1 Å². The minimum atomic E-state index is 0.890. The van der Waals surface area contributed by atoms with Gasteiger partial charge in [-0.1, -0.05) is 12.2 Å². The number of hydrogen-bond acceptors (Lipinski definition) is 2. The Bertz CT molecular complexity index is 226. The predicted molar refractivity (Wildman–Crippen MR) is 49.9 cm³/mol. The molecule has 1 heterocycles. The van der Waals surface area contributed by atoms with E-state index < -0.39 is 0 Å². The third-order valence-corrected chi connectivity index (χ3v) is 1.50. The van der Waals surface area contributed by atoms with Crippen LogP contribution < -0.4 is 5.32 Å². The van der Waals surface area contributed by atoms with E-state index >= 15 is 0 Å². The first-order valence-corrected chi connectivity index (χ1v) is 4.11. The zero-order chi connectivity index (χ0) is 8.81. The quantitative estimate of drug-likeness (QED) is 0.522. The molecule has 12 heavy (non-hydrogen) atoms. The van der Waals surface area contributed by atoms with Crippen molar-refractivity contribution >= 4 is 0 Å². The molecule has 0 saturated carbocycles. The number of hydrogen-bond donors (Lipinski definition) is 1. The highest BCUT2D eigenvalue weighted by Gasteiger charge is 1.89. The Kier molecular flexibility index (Phi) is 3.54. The van der Waals surface area contributed by atoms with Crippen LogP contribution in [0, 0.1) is 0 Å². The minimum Gasteiger partial charge on any atom is -0.311 e. The van der Waals surface area contributed by atoms with E-state index in [2.05, 4.69) is 17.0 Å². The highest BCUT2D eigenvalue weighted by Crippen LogP contribution is 1.84. The lowest BCUT2D eigenvalue weighted by Gasteiger charge is -2.03. The van der Waals surface area contributed by atoms with Crippen molar-refractivity contribution in [1.29, 1.82) is 0 Å². The Hall–Kier alpha value is -1.09. The lowest BCUT2D eigenvalue weighted by molar-refractivity contribution is 0.569. The van der Waals surface area contributed by atoms with E-state index in [0.717, 1.165) is 25.2 Å². The Balaban J connectivity index is 2.07. The van der Waals surface area contributed by atoms with Gasteiger partial charge < -0.3 is 5.32 Å². The highest BCUT2D eigenvalue weighted by atomic mass is 15.3. The van der Waals surface area contributed by atoms with Crippen LogP contribution in [0.1, 0.15) is 6.92 Å². The number of rotatable bonds is 5. The largest absolute Gasteiger partial charge is 0.311 e. The summed E-state index contributed by atoms with van der Waals surface area (Å²) in [5.41, 5.74) is 1.16. The summed E-state index contributed by atoms with van der Waals surface area (Å²) < 4.78 is 1.91. The second kappa shape index (κ2) is 4.72. The lowest BCUT2D eigenvalue weighted by atomic mass is 10.3. The maximum atomic E-state index is 4.09. The van der Waals surface area contributed by atoms with Crippen LogP contribution in [0.5, 0.6) is 0 Å². The second-order valence-corrected chi connectivity index (χ2v) is 2.90. The summed E-state index contributed by atoms with van der Waals surface area (Å²) in [5, 5.41) is 7.35. The molecular formula is C9H15N3. The van der Waals surface area contributed by atoms with Gasteiger partial charge in [-0.2, -0.15) is 5.10 Å². The van der Waals surface area contributed by atoms with Gasteiger partial charge in [-0.25, -0.2) is 0 Å². The maximum Gasteiger partial charge on any atom is 0.0534 e. The first kappa shape index (κ1) is 9.00. The molecule has 0 atom stereocenters. The summed E-state index contributed by atoms with van der Waals surface area (Å²) >= 11 is 0. The summed E-state index contributed by atoms with van der Waals surface area (Å²) in [6.07, 6.45) is 3.75. The summed E-state index contributed by atoms with van der Waals surface area (Å²) in [5.74, 6) is 0. The van der Waals surface area contributed by atoms with Crippen LogP contribution >= 0.6 is 0 Å². The van der Waals surface area contributed by atoms with Crippen molar-refractivity contribution in [2.45, 2.75) is 13.5 Å². The van der Waals surface area contributed by atoms with Crippen molar-refractivity contribution in [3.05, 3.63) is 30.6 Å². The standard InChI is InChI=1S/C9H15N3/c1-9(2)8-10-5-7-12-6-3-4-11-12/h3-4,6,10H,1,5,7-8H2,2H3. The number of nitrogens with one attached hydrogen (secondary N) is 1. The summed E-state index contributed by atoms with van der Waals surface area (Å²) in [7, 11) is 0. The van der Waals surface area contributed by atoms with Crippen LogP contribution in [0.25, 0.3) is 0 Å². The Morgan fingerprint density at radius 2 is 2.50 bits per heavy atom. The molecule has 66 valence electrons. The third kappa shape index (κ3) is 3.34. The fourth-order valence-electron chi connectivity index (χ4n) is 0.928. The number of nitrogens with zero attached hydrogens (tertiary/aromatic N) is 2. The summed E-state index contributed by atoms with van der Waals surface area (Å²) in [6.45, 7) is 8.57. The van der Waals surface area contributed by atoms with E-state index in [1.807, 2.05) is 23.9 Å². The molecule has 0 spiro atoms. The minimum absolute atomic E-state index is 0.890. The van der Waals surface area contributed by atoms with Gasteiger partial charge in [0, 0.05) is 25.5 Å². The highest BCUT2D eigenvalue weighted by molar-refractivity contribution is 4.90. The fourth-order valence-corrected chi connectivity index (χ4v) is 0.928. The van der Waals surface area contributed by atoms with Crippen LogP contribution in [0.4, 0.5) is 0 Å². The van der Waals surface area contributed by atoms with Gasteiger partial charge in [0.25, 0.3) is 0 Å². The predicted octanol–water partition coefficient (Wildman–Crippen LogP) is 1.05. The van der Waals surface area contributed by atoms with Gasteiger partial charge in [-0.15, -0.1) is 0 Å². The van der Waals surface area contributed by atoms with Gasteiger partial charge in [-0.05, 0) is 13.0 Å². The van der Waals surface area contributed by atoms with Gasteiger partial charge in [0.05, 0.1) is 6.54 Å². The fraction of sp³-hybridized carbons (Fsp3) is 0.444. The average molecular weight is 165 g/mol. The van der Waals surface area contributed by atoms with E-state index in [9.17, 15) is 0 Å². The van der Waals surface area contributed by atoms with E-state index in [0.29, 0.717) is 0 Å². The second-order valence-electron chi connectivity index (χ2n) is 2.90. The molecule has 0 unspecified atom stereocenters. The van der Waals surface area contributed by atoms with Crippen LogP contribution in [-0.4, -0.2) is 22.9 Å². The maximum absolute atomic E-state index is 4.09. The molecule has 1 aromatic rings. The molecule has 0 saturated heterocycles. The smallest absolute Gasteiger partial charge is 0.0534 e. The molecule has 0 aromatic carbocycles. The molecule has 0 radical (unpaired) electrons. The monoisotopic (exact) mass is 165 g/mol. The molecule has 0 amide bonds. The first-order valence-electron chi connectivity index (χ1n) is 4.11. The molecular weight excluding hydrogens is 150 g/mol.